The Kier molecular flexibility index (Phi) is 3.60. The first-order valence-electron chi connectivity index (χ1n) is 3.55. The van der Waals surface area contributed by atoms with Crippen molar-refractivity contribution in [3.63, 3.8) is 0 Å². The highest BCUT2D eigenvalue weighted by Crippen LogP contribution is 2.31. The molecular weight excluding hydrogens is 233 g/mol. The Bertz CT molecular complexity index is 325. The van der Waals surface area contributed by atoms with E-state index in [4.69, 9.17) is 0 Å². The van der Waals surface area contributed by atoms with Crippen LogP contribution in [0.4, 0.5) is 13.2 Å². The van der Waals surface area contributed by atoms with Gasteiger partial charge in [-0.1, -0.05) is 0 Å². The van der Waals surface area contributed by atoms with Gasteiger partial charge in [0.05, 0.1) is 0 Å². The van der Waals surface area contributed by atoms with Gasteiger partial charge in [0.1, 0.15) is 5.75 Å². The Balaban J connectivity index is 2.89. The predicted molar refractivity (Wildman–Crippen MR) is 52.2 cm³/mol. The Morgan fingerprint density at radius 3 is 2.43 bits per heavy atom. The summed E-state index contributed by atoms with van der Waals surface area (Å²) >= 11 is 5.32. The normalized spacial score (nSPS) is 11.5. The van der Waals surface area contributed by atoms with Gasteiger partial charge in [0.25, 0.3) is 0 Å². The fourth-order valence-corrected chi connectivity index (χ4v) is 1.62. The summed E-state index contributed by atoms with van der Waals surface area (Å²) in [4.78, 5) is 1.01. The average Bonchev–Trinajstić information content (AvgIpc) is 2.06. The fourth-order valence-electron chi connectivity index (χ4n) is 0.835. The van der Waals surface area contributed by atoms with Gasteiger partial charge in [-0.15, -0.1) is 37.6 Å². The van der Waals surface area contributed by atoms with Gasteiger partial charge in [0, 0.05) is 9.79 Å². The van der Waals surface area contributed by atoms with Crippen LogP contribution < -0.4 is 4.74 Å². The van der Waals surface area contributed by atoms with Crippen LogP contribution in [0, 0.1) is 0 Å². The average molecular weight is 240 g/mol. The van der Waals surface area contributed by atoms with E-state index in [0.29, 0.717) is 0 Å². The molecule has 1 aromatic carbocycles. The molecule has 0 saturated heterocycles. The molecule has 1 nitrogen and oxygen atoms in total. The Morgan fingerprint density at radius 2 is 2.00 bits per heavy atom. The van der Waals surface area contributed by atoms with Crippen molar-refractivity contribution in [3.05, 3.63) is 18.2 Å². The smallest absolute Gasteiger partial charge is 0.405 e. The van der Waals surface area contributed by atoms with Crippen molar-refractivity contribution in [2.45, 2.75) is 16.2 Å². The topological polar surface area (TPSA) is 9.23 Å². The van der Waals surface area contributed by atoms with Crippen molar-refractivity contribution in [1.29, 1.82) is 0 Å². The summed E-state index contributed by atoms with van der Waals surface area (Å²) in [5.41, 5.74) is 0. The van der Waals surface area contributed by atoms with Crippen LogP contribution in [-0.4, -0.2) is 12.6 Å². The third-order valence-corrected chi connectivity index (χ3v) is 2.47. The second-order valence-corrected chi connectivity index (χ2v) is 3.74. The molecule has 0 heterocycles. The molecule has 1 aromatic rings. The molecule has 0 saturated carbocycles. The summed E-state index contributed by atoms with van der Waals surface area (Å²) in [5.74, 6) is -0.279. The monoisotopic (exact) mass is 240 g/mol. The van der Waals surface area contributed by atoms with Crippen LogP contribution in [0.1, 0.15) is 0 Å². The summed E-state index contributed by atoms with van der Waals surface area (Å²) in [5, 5.41) is 0. The summed E-state index contributed by atoms with van der Waals surface area (Å²) < 4.78 is 39.3. The van der Waals surface area contributed by atoms with Crippen molar-refractivity contribution in [2.75, 3.05) is 6.26 Å². The largest absolute Gasteiger partial charge is 0.573 e. The van der Waals surface area contributed by atoms with E-state index in [1.54, 1.807) is 6.07 Å². The number of halogens is 3. The minimum absolute atomic E-state index is 0.175. The van der Waals surface area contributed by atoms with Crippen molar-refractivity contribution in [2.24, 2.45) is 0 Å². The molecule has 0 bridgehead atoms. The van der Waals surface area contributed by atoms with Crippen molar-refractivity contribution >= 4 is 24.4 Å². The van der Waals surface area contributed by atoms with Gasteiger partial charge in [-0.2, -0.15) is 0 Å². The van der Waals surface area contributed by atoms with Crippen LogP contribution in [0.2, 0.25) is 0 Å². The molecule has 0 amide bonds. The quantitative estimate of drug-likeness (QED) is 0.624. The molecule has 0 N–H and O–H groups in total. The first-order chi connectivity index (χ1) is 6.42. The van der Waals surface area contributed by atoms with Crippen LogP contribution in [0.5, 0.6) is 5.75 Å². The minimum atomic E-state index is -4.67. The van der Waals surface area contributed by atoms with E-state index in [1.807, 2.05) is 6.26 Å². The van der Waals surface area contributed by atoms with E-state index in [0.717, 1.165) is 4.90 Å². The number of hydrogen-bond acceptors (Lipinski definition) is 3. The third kappa shape index (κ3) is 3.34. The number of rotatable bonds is 2. The lowest BCUT2D eigenvalue weighted by molar-refractivity contribution is -0.275. The summed E-state index contributed by atoms with van der Waals surface area (Å²) in [6.45, 7) is 0. The Hall–Kier alpha value is -0.490. The first-order valence-corrected chi connectivity index (χ1v) is 5.22. The fraction of sp³-hybridized carbons (Fsp3) is 0.250. The molecule has 1 rings (SSSR count). The highest BCUT2D eigenvalue weighted by Gasteiger charge is 2.31. The second-order valence-electron chi connectivity index (χ2n) is 2.38. The Labute approximate surface area is 89.0 Å². The predicted octanol–water partition coefficient (Wildman–Crippen LogP) is 3.60. The van der Waals surface area contributed by atoms with E-state index < -0.39 is 6.36 Å². The standard InChI is InChI=1S/C8H7F3OS2/c1-14-5-2-3-6(7(13)4-5)12-8(9,10)11/h2-4,13H,1H3. The highest BCUT2D eigenvalue weighted by atomic mass is 32.2. The van der Waals surface area contributed by atoms with Crippen LogP contribution in [0.3, 0.4) is 0 Å². The molecule has 0 fully saturated rings. The lowest BCUT2D eigenvalue weighted by Gasteiger charge is -2.11. The van der Waals surface area contributed by atoms with Gasteiger partial charge < -0.3 is 4.74 Å². The van der Waals surface area contributed by atoms with Gasteiger partial charge in [-0.3, -0.25) is 0 Å². The SMILES string of the molecule is CSc1ccc(OC(F)(F)F)c(S)c1. The number of benzene rings is 1. The zero-order chi connectivity index (χ0) is 10.8. The first kappa shape index (κ1) is 11.6. The number of alkyl halides is 3. The summed E-state index contributed by atoms with van der Waals surface area (Å²) in [6, 6.07) is 4.32. The van der Waals surface area contributed by atoms with Crippen molar-refractivity contribution < 1.29 is 17.9 Å². The Morgan fingerprint density at radius 1 is 1.36 bits per heavy atom. The van der Waals surface area contributed by atoms with Crippen LogP contribution in [0.25, 0.3) is 0 Å². The molecule has 0 radical (unpaired) electrons. The molecule has 78 valence electrons. The zero-order valence-corrected chi connectivity index (χ0v) is 8.84. The van der Waals surface area contributed by atoms with Gasteiger partial charge in [-0.25, -0.2) is 0 Å². The zero-order valence-electron chi connectivity index (χ0n) is 7.13. The molecule has 0 unspecified atom stereocenters. The highest BCUT2D eigenvalue weighted by molar-refractivity contribution is 7.98. The maximum absolute atomic E-state index is 11.8. The minimum Gasteiger partial charge on any atom is -0.405 e. The van der Waals surface area contributed by atoms with Gasteiger partial charge >= 0.3 is 6.36 Å². The van der Waals surface area contributed by atoms with Crippen molar-refractivity contribution in [1.82, 2.24) is 0 Å². The summed E-state index contributed by atoms with van der Waals surface area (Å²) in [6.07, 6.45) is -2.84. The number of thioether (sulfide) groups is 1. The molecule has 14 heavy (non-hydrogen) atoms. The van der Waals surface area contributed by atoms with E-state index in [1.165, 1.54) is 23.9 Å². The maximum atomic E-state index is 11.8. The molecule has 6 heteroatoms. The lowest BCUT2D eigenvalue weighted by atomic mass is 10.3. The van der Waals surface area contributed by atoms with E-state index in [2.05, 4.69) is 17.4 Å². The second kappa shape index (κ2) is 4.35. The van der Waals surface area contributed by atoms with Crippen LogP contribution in [0.15, 0.2) is 28.0 Å². The molecule has 0 aromatic heterocycles. The van der Waals surface area contributed by atoms with Crippen molar-refractivity contribution in [3.8, 4) is 5.75 Å². The molecule has 0 atom stereocenters. The lowest BCUT2D eigenvalue weighted by Crippen LogP contribution is -2.17. The van der Waals surface area contributed by atoms with E-state index >= 15 is 0 Å². The number of thiol groups is 1. The molecule has 0 aliphatic heterocycles. The molecule has 0 aliphatic rings. The molecule has 0 spiro atoms. The van der Waals surface area contributed by atoms with E-state index in [9.17, 15) is 13.2 Å². The molecule has 0 aliphatic carbocycles. The number of hydrogen-bond donors (Lipinski definition) is 1. The maximum Gasteiger partial charge on any atom is 0.573 e. The summed E-state index contributed by atoms with van der Waals surface area (Å²) in [7, 11) is 0. The van der Waals surface area contributed by atoms with Gasteiger partial charge in [0.2, 0.25) is 0 Å². The van der Waals surface area contributed by atoms with Gasteiger partial charge in [0.15, 0.2) is 0 Å². The third-order valence-electron chi connectivity index (χ3n) is 1.39. The molecular formula is C8H7F3OS2. The number of ether oxygens (including phenoxy) is 1. The van der Waals surface area contributed by atoms with Crippen LogP contribution >= 0.6 is 24.4 Å². The van der Waals surface area contributed by atoms with E-state index in [-0.39, 0.29) is 10.6 Å². The van der Waals surface area contributed by atoms with Crippen LogP contribution in [-0.2, 0) is 0 Å². The van der Waals surface area contributed by atoms with Gasteiger partial charge in [-0.05, 0) is 24.5 Å².